The molecule has 4 heteroatoms. The number of para-hydroxylation sites is 1. The number of hydrogen-bond donors (Lipinski definition) is 2. The van der Waals surface area contributed by atoms with Crippen molar-refractivity contribution in [3.05, 3.63) is 53.9 Å². The summed E-state index contributed by atoms with van der Waals surface area (Å²) in [5.74, 6) is -0.197. The van der Waals surface area contributed by atoms with Crippen LogP contribution in [0, 0.1) is 6.92 Å². The molecule has 0 aliphatic carbocycles. The minimum absolute atomic E-state index is 0.197. The third-order valence-corrected chi connectivity index (χ3v) is 3.41. The molecule has 0 saturated heterocycles. The van der Waals surface area contributed by atoms with E-state index in [1.165, 1.54) is 0 Å². The highest BCUT2D eigenvalue weighted by Crippen LogP contribution is 2.16. The summed E-state index contributed by atoms with van der Waals surface area (Å²) in [4.78, 5) is 16.4. The summed E-state index contributed by atoms with van der Waals surface area (Å²) in [5.41, 5.74) is 3.16. The summed E-state index contributed by atoms with van der Waals surface area (Å²) in [7, 11) is 0. The number of aromatic nitrogens is 1. The highest BCUT2D eigenvalue weighted by atomic mass is 16.1. The first-order chi connectivity index (χ1) is 10.1. The van der Waals surface area contributed by atoms with Crippen LogP contribution < -0.4 is 10.6 Å². The van der Waals surface area contributed by atoms with E-state index >= 15 is 0 Å². The van der Waals surface area contributed by atoms with E-state index in [0.717, 1.165) is 23.4 Å². The minimum atomic E-state index is -0.197. The highest BCUT2D eigenvalue weighted by molar-refractivity contribution is 6.03. The van der Waals surface area contributed by atoms with Gasteiger partial charge in [0.2, 0.25) is 0 Å². The van der Waals surface area contributed by atoms with Crippen molar-refractivity contribution in [1.82, 2.24) is 4.98 Å². The number of benzene rings is 1. The van der Waals surface area contributed by atoms with E-state index in [9.17, 15) is 4.79 Å². The van der Waals surface area contributed by atoms with Gasteiger partial charge in [-0.05, 0) is 44.0 Å². The smallest absolute Gasteiger partial charge is 0.274 e. The van der Waals surface area contributed by atoms with Crippen LogP contribution in [0.3, 0.4) is 0 Å². The van der Waals surface area contributed by atoms with Crippen LogP contribution in [0.2, 0.25) is 0 Å². The molecule has 1 amide bonds. The van der Waals surface area contributed by atoms with E-state index in [1.54, 1.807) is 12.3 Å². The van der Waals surface area contributed by atoms with Gasteiger partial charge in [-0.1, -0.05) is 25.1 Å². The summed E-state index contributed by atoms with van der Waals surface area (Å²) in [5, 5.41) is 6.23. The normalized spacial score (nSPS) is 11.8. The van der Waals surface area contributed by atoms with Crippen molar-refractivity contribution in [3.63, 3.8) is 0 Å². The molecular weight excluding hydrogens is 262 g/mol. The standard InChI is InChI=1S/C17H21N3O/c1-4-13(3)19-14-9-10-18-16(11-14)17(21)20-15-8-6-5-7-12(15)2/h5-11,13H,4H2,1-3H3,(H,18,19)(H,20,21). The number of carbonyl (C=O) groups excluding carboxylic acids is 1. The van der Waals surface area contributed by atoms with Crippen molar-refractivity contribution in [2.45, 2.75) is 33.2 Å². The Bertz CT molecular complexity index is 625. The van der Waals surface area contributed by atoms with E-state index in [0.29, 0.717) is 11.7 Å². The molecule has 0 bridgehead atoms. The van der Waals surface area contributed by atoms with Gasteiger partial charge in [0, 0.05) is 23.6 Å². The molecule has 0 radical (unpaired) electrons. The molecule has 0 aliphatic rings. The number of pyridine rings is 1. The summed E-state index contributed by atoms with van der Waals surface area (Å²) in [6.45, 7) is 6.18. The van der Waals surface area contributed by atoms with Crippen molar-refractivity contribution in [2.75, 3.05) is 10.6 Å². The van der Waals surface area contributed by atoms with Crippen LogP contribution in [0.4, 0.5) is 11.4 Å². The third kappa shape index (κ3) is 4.05. The monoisotopic (exact) mass is 283 g/mol. The minimum Gasteiger partial charge on any atom is -0.382 e. The largest absolute Gasteiger partial charge is 0.382 e. The number of hydrogen-bond acceptors (Lipinski definition) is 3. The molecule has 110 valence electrons. The van der Waals surface area contributed by atoms with Gasteiger partial charge in [-0.2, -0.15) is 0 Å². The molecule has 1 atom stereocenters. The van der Waals surface area contributed by atoms with E-state index in [-0.39, 0.29) is 5.91 Å². The van der Waals surface area contributed by atoms with Crippen LogP contribution in [0.25, 0.3) is 0 Å². The first-order valence-corrected chi connectivity index (χ1v) is 7.19. The molecule has 1 aromatic heterocycles. The second kappa shape index (κ2) is 6.88. The number of amides is 1. The molecule has 2 N–H and O–H groups in total. The zero-order valence-corrected chi connectivity index (χ0v) is 12.7. The Morgan fingerprint density at radius 3 is 2.76 bits per heavy atom. The Labute approximate surface area is 125 Å². The summed E-state index contributed by atoms with van der Waals surface area (Å²) in [6, 6.07) is 11.7. The molecule has 4 nitrogen and oxygen atoms in total. The summed E-state index contributed by atoms with van der Waals surface area (Å²) >= 11 is 0. The first kappa shape index (κ1) is 15.0. The van der Waals surface area contributed by atoms with E-state index in [1.807, 2.05) is 37.3 Å². The van der Waals surface area contributed by atoms with Crippen molar-refractivity contribution in [1.29, 1.82) is 0 Å². The Balaban J connectivity index is 2.12. The maximum Gasteiger partial charge on any atom is 0.274 e. The quantitative estimate of drug-likeness (QED) is 0.876. The molecule has 1 aromatic carbocycles. The predicted octanol–water partition coefficient (Wildman–Crippen LogP) is 3.85. The average Bonchev–Trinajstić information content (AvgIpc) is 2.49. The van der Waals surface area contributed by atoms with Gasteiger partial charge in [0.25, 0.3) is 5.91 Å². The van der Waals surface area contributed by atoms with Gasteiger partial charge in [-0.25, -0.2) is 0 Å². The van der Waals surface area contributed by atoms with Crippen LogP contribution in [-0.2, 0) is 0 Å². The third-order valence-electron chi connectivity index (χ3n) is 3.41. The van der Waals surface area contributed by atoms with Crippen LogP contribution in [0.5, 0.6) is 0 Å². The van der Waals surface area contributed by atoms with Crippen LogP contribution in [0.15, 0.2) is 42.6 Å². The van der Waals surface area contributed by atoms with Gasteiger partial charge in [-0.15, -0.1) is 0 Å². The van der Waals surface area contributed by atoms with Gasteiger partial charge in [0.05, 0.1) is 0 Å². The molecule has 0 aliphatic heterocycles. The van der Waals surface area contributed by atoms with Gasteiger partial charge < -0.3 is 10.6 Å². The Hall–Kier alpha value is -2.36. The lowest BCUT2D eigenvalue weighted by atomic mass is 10.2. The van der Waals surface area contributed by atoms with E-state index in [2.05, 4.69) is 29.5 Å². The fraction of sp³-hybridized carbons (Fsp3) is 0.294. The molecule has 2 rings (SSSR count). The van der Waals surface area contributed by atoms with Gasteiger partial charge in [-0.3, -0.25) is 9.78 Å². The lowest BCUT2D eigenvalue weighted by Gasteiger charge is -2.13. The average molecular weight is 283 g/mol. The molecule has 1 heterocycles. The maximum atomic E-state index is 12.3. The van der Waals surface area contributed by atoms with E-state index in [4.69, 9.17) is 0 Å². The number of nitrogens with zero attached hydrogens (tertiary/aromatic N) is 1. The van der Waals surface area contributed by atoms with E-state index < -0.39 is 0 Å². The number of aryl methyl sites for hydroxylation is 1. The number of anilines is 2. The molecule has 0 spiro atoms. The predicted molar refractivity (Wildman–Crippen MR) is 86.7 cm³/mol. The Kier molecular flexibility index (Phi) is 4.93. The zero-order chi connectivity index (χ0) is 15.2. The van der Waals surface area contributed by atoms with Crippen molar-refractivity contribution in [2.24, 2.45) is 0 Å². The second-order valence-corrected chi connectivity index (χ2v) is 5.15. The van der Waals surface area contributed by atoms with Crippen molar-refractivity contribution in [3.8, 4) is 0 Å². The fourth-order valence-electron chi connectivity index (χ4n) is 1.93. The number of nitrogens with one attached hydrogen (secondary N) is 2. The number of rotatable bonds is 5. The summed E-state index contributed by atoms with van der Waals surface area (Å²) in [6.07, 6.45) is 2.67. The van der Waals surface area contributed by atoms with Gasteiger partial charge in [0.1, 0.15) is 5.69 Å². The Morgan fingerprint density at radius 1 is 1.29 bits per heavy atom. The number of carbonyl (C=O) groups is 1. The van der Waals surface area contributed by atoms with Crippen molar-refractivity contribution >= 4 is 17.3 Å². The van der Waals surface area contributed by atoms with Crippen molar-refractivity contribution < 1.29 is 4.79 Å². The molecule has 0 saturated carbocycles. The van der Waals surface area contributed by atoms with Gasteiger partial charge >= 0.3 is 0 Å². The highest BCUT2D eigenvalue weighted by Gasteiger charge is 2.10. The molecule has 1 unspecified atom stereocenters. The zero-order valence-electron chi connectivity index (χ0n) is 12.7. The molecular formula is C17H21N3O. The second-order valence-electron chi connectivity index (χ2n) is 5.15. The van der Waals surface area contributed by atoms with Crippen LogP contribution >= 0.6 is 0 Å². The molecule has 2 aromatic rings. The van der Waals surface area contributed by atoms with Gasteiger partial charge in [0.15, 0.2) is 0 Å². The van der Waals surface area contributed by atoms with Crippen LogP contribution in [0.1, 0.15) is 36.3 Å². The Morgan fingerprint density at radius 2 is 2.05 bits per heavy atom. The SMILES string of the molecule is CCC(C)Nc1ccnc(C(=O)Nc2ccccc2C)c1. The molecule has 0 fully saturated rings. The topological polar surface area (TPSA) is 54.0 Å². The first-order valence-electron chi connectivity index (χ1n) is 7.19. The lowest BCUT2D eigenvalue weighted by molar-refractivity contribution is 0.102. The maximum absolute atomic E-state index is 12.3. The molecule has 21 heavy (non-hydrogen) atoms. The fourth-order valence-corrected chi connectivity index (χ4v) is 1.93. The lowest BCUT2D eigenvalue weighted by Crippen LogP contribution is -2.17. The summed E-state index contributed by atoms with van der Waals surface area (Å²) < 4.78 is 0. The van der Waals surface area contributed by atoms with Crippen LogP contribution in [-0.4, -0.2) is 16.9 Å².